The van der Waals surface area contributed by atoms with Gasteiger partial charge in [-0.2, -0.15) is 9.57 Å². The van der Waals surface area contributed by atoms with Crippen LogP contribution < -0.4 is 0 Å². The van der Waals surface area contributed by atoms with Gasteiger partial charge in [0.05, 0.1) is 11.0 Å². The minimum atomic E-state index is -4.41. The molecule has 0 saturated heterocycles. The van der Waals surface area contributed by atoms with Crippen molar-refractivity contribution in [1.82, 2.24) is 4.31 Å². The Hall–Kier alpha value is -2.05. The van der Waals surface area contributed by atoms with Crippen molar-refractivity contribution in [3.05, 3.63) is 34.1 Å². The zero-order valence-corrected chi connectivity index (χ0v) is 10.0. The molecular weight excluding hydrogens is 265 g/mol. The molecule has 7 nitrogen and oxygen atoms in total. The van der Waals surface area contributed by atoms with Gasteiger partial charge in [-0.25, -0.2) is 12.8 Å². The zero-order chi connectivity index (χ0) is 13.9. The number of hydrogen-bond donors (Lipinski definition) is 0. The molecule has 96 valence electrons. The van der Waals surface area contributed by atoms with Crippen LogP contribution in [0.2, 0.25) is 0 Å². The van der Waals surface area contributed by atoms with E-state index in [9.17, 15) is 22.9 Å². The van der Waals surface area contributed by atoms with Crippen LogP contribution in [0.5, 0.6) is 0 Å². The second-order valence-electron chi connectivity index (χ2n) is 3.26. The summed E-state index contributed by atoms with van der Waals surface area (Å²) in [5.41, 5.74) is -0.861. The predicted molar refractivity (Wildman–Crippen MR) is 58.5 cm³/mol. The van der Waals surface area contributed by atoms with E-state index in [4.69, 9.17) is 5.26 Å². The molecule has 9 heteroatoms. The molecular formula is C9H8FN3O4S. The van der Waals surface area contributed by atoms with Crippen molar-refractivity contribution in [1.29, 1.82) is 5.26 Å². The number of benzene rings is 1. The monoisotopic (exact) mass is 273 g/mol. The summed E-state index contributed by atoms with van der Waals surface area (Å²) in [4.78, 5) is 8.67. The van der Waals surface area contributed by atoms with E-state index in [0.717, 1.165) is 25.2 Å². The Morgan fingerprint density at radius 1 is 1.56 bits per heavy atom. The molecule has 18 heavy (non-hydrogen) atoms. The maximum Gasteiger partial charge on any atom is 0.292 e. The molecule has 0 N–H and O–H groups in total. The topological polar surface area (TPSA) is 104 Å². The quantitative estimate of drug-likeness (QED) is 0.460. The second kappa shape index (κ2) is 5.07. The fraction of sp³-hybridized carbons (Fsp3) is 0.222. The standard InChI is InChI=1S/C9H8FN3O4S/c1-12(6-5-11)18(16,17)9-7(10)3-2-4-8(9)13(14)15/h2-4H,6H2,1H3. The van der Waals surface area contributed by atoms with Crippen LogP contribution in [-0.4, -0.2) is 31.2 Å². The Balaban J connectivity index is 3.51. The Labute approximate surface area is 102 Å². The molecule has 1 aromatic rings. The summed E-state index contributed by atoms with van der Waals surface area (Å²) < 4.78 is 37.9. The van der Waals surface area contributed by atoms with E-state index in [-0.39, 0.29) is 0 Å². The highest BCUT2D eigenvalue weighted by molar-refractivity contribution is 7.89. The lowest BCUT2D eigenvalue weighted by atomic mass is 10.3. The first-order valence-corrected chi connectivity index (χ1v) is 6.02. The highest BCUT2D eigenvalue weighted by Gasteiger charge is 2.32. The molecule has 1 aromatic carbocycles. The summed E-state index contributed by atoms with van der Waals surface area (Å²) in [6, 6.07) is 4.30. The lowest BCUT2D eigenvalue weighted by Gasteiger charge is -2.13. The van der Waals surface area contributed by atoms with Gasteiger partial charge in [0.1, 0.15) is 12.4 Å². The molecule has 0 heterocycles. The van der Waals surface area contributed by atoms with Gasteiger partial charge in [0.2, 0.25) is 0 Å². The third-order valence-corrected chi connectivity index (χ3v) is 3.97. The summed E-state index contributed by atoms with van der Waals surface area (Å²) in [6.45, 7) is -0.534. The summed E-state index contributed by atoms with van der Waals surface area (Å²) >= 11 is 0. The molecule has 0 aliphatic rings. The van der Waals surface area contributed by atoms with Crippen LogP contribution in [0.1, 0.15) is 0 Å². The van der Waals surface area contributed by atoms with Gasteiger partial charge >= 0.3 is 0 Å². The molecule has 0 fully saturated rings. The van der Waals surface area contributed by atoms with E-state index in [1.807, 2.05) is 0 Å². The minimum Gasteiger partial charge on any atom is -0.258 e. The third-order valence-electron chi connectivity index (χ3n) is 2.10. The highest BCUT2D eigenvalue weighted by Crippen LogP contribution is 2.28. The maximum atomic E-state index is 13.5. The predicted octanol–water partition coefficient (Wildman–Crippen LogP) is 0.878. The number of nitro groups is 1. The van der Waals surface area contributed by atoms with Gasteiger partial charge in [0.15, 0.2) is 4.90 Å². The average Bonchev–Trinajstić information content (AvgIpc) is 2.28. The van der Waals surface area contributed by atoms with Crippen LogP contribution in [0, 0.1) is 27.3 Å². The van der Waals surface area contributed by atoms with E-state index in [2.05, 4.69) is 0 Å². The molecule has 0 unspecified atom stereocenters. The van der Waals surface area contributed by atoms with Gasteiger partial charge in [-0.15, -0.1) is 0 Å². The van der Waals surface area contributed by atoms with Crippen molar-refractivity contribution in [2.75, 3.05) is 13.6 Å². The first-order chi connectivity index (χ1) is 8.32. The Kier molecular flexibility index (Phi) is 3.95. The van der Waals surface area contributed by atoms with Gasteiger partial charge < -0.3 is 0 Å². The van der Waals surface area contributed by atoms with Gasteiger partial charge in [0.25, 0.3) is 15.7 Å². The van der Waals surface area contributed by atoms with Gasteiger partial charge in [-0.1, -0.05) is 6.07 Å². The molecule has 0 spiro atoms. The van der Waals surface area contributed by atoms with Crippen LogP contribution in [0.4, 0.5) is 10.1 Å². The number of rotatable bonds is 4. The first kappa shape index (κ1) is 14.0. The molecule has 0 amide bonds. The fourth-order valence-corrected chi connectivity index (χ4v) is 2.50. The van der Waals surface area contributed by atoms with Crippen molar-refractivity contribution >= 4 is 15.7 Å². The SMILES string of the molecule is CN(CC#N)S(=O)(=O)c1c(F)cccc1[N+](=O)[O-]. The largest absolute Gasteiger partial charge is 0.292 e. The van der Waals surface area contributed by atoms with Crippen LogP contribution in [0.15, 0.2) is 23.1 Å². The molecule has 0 saturated carbocycles. The maximum absolute atomic E-state index is 13.5. The third kappa shape index (κ3) is 2.44. The number of nitro benzene ring substituents is 1. The van der Waals surface area contributed by atoms with E-state index < -0.39 is 37.9 Å². The first-order valence-electron chi connectivity index (χ1n) is 4.58. The van der Waals surface area contributed by atoms with Crippen LogP contribution >= 0.6 is 0 Å². The summed E-state index contributed by atoms with van der Waals surface area (Å²) in [6.07, 6.45) is 0. The summed E-state index contributed by atoms with van der Waals surface area (Å²) in [7, 11) is -3.38. The summed E-state index contributed by atoms with van der Waals surface area (Å²) in [5, 5.41) is 19.1. The molecule has 0 aliphatic heterocycles. The van der Waals surface area contributed by atoms with Crippen molar-refractivity contribution in [3.8, 4) is 6.07 Å². The van der Waals surface area contributed by atoms with E-state index in [1.165, 1.54) is 0 Å². The summed E-state index contributed by atoms with van der Waals surface area (Å²) in [5.74, 6) is -1.23. The number of sulfonamides is 1. The Bertz CT molecular complexity index is 623. The fourth-order valence-electron chi connectivity index (χ4n) is 1.24. The van der Waals surface area contributed by atoms with Crippen molar-refractivity contribution in [2.24, 2.45) is 0 Å². The molecule has 0 aliphatic carbocycles. The van der Waals surface area contributed by atoms with Gasteiger partial charge in [-0.3, -0.25) is 10.1 Å². The minimum absolute atomic E-state index is 0.534. The van der Waals surface area contributed by atoms with Crippen molar-refractivity contribution in [3.63, 3.8) is 0 Å². The van der Waals surface area contributed by atoms with Crippen LogP contribution in [0.3, 0.4) is 0 Å². The van der Waals surface area contributed by atoms with Crippen LogP contribution in [-0.2, 0) is 10.0 Å². The van der Waals surface area contributed by atoms with Crippen molar-refractivity contribution in [2.45, 2.75) is 4.90 Å². The van der Waals surface area contributed by atoms with Crippen LogP contribution in [0.25, 0.3) is 0 Å². The number of nitriles is 1. The van der Waals surface area contributed by atoms with Crippen molar-refractivity contribution < 1.29 is 17.7 Å². The number of hydrogen-bond acceptors (Lipinski definition) is 5. The molecule has 0 radical (unpaired) electrons. The molecule has 1 rings (SSSR count). The lowest BCUT2D eigenvalue weighted by Crippen LogP contribution is -2.28. The number of nitrogens with zero attached hydrogens (tertiary/aromatic N) is 3. The normalized spacial score (nSPS) is 11.2. The number of halogens is 1. The smallest absolute Gasteiger partial charge is 0.258 e. The van der Waals surface area contributed by atoms with Gasteiger partial charge in [0, 0.05) is 13.1 Å². The van der Waals surface area contributed by atoms with E-state index >= 15 is 0 Å². The second-order valence-corrected chi connectivity index (χ2v) is 5.25. The van der Waals surface area contributed by atoms with E-state index in [1.54, 1.807) is 6.07 Å². The Morgan fingerprint density at radius 3 is 2.67 bits per heavy atom. The molecule has 0 bridgehead atoms. The Morgan fingerprint density at radius 2 is 2.17 bits per heavy atom. The lowest BCUT2D eigenvalue weighted by molar-refractivity contribution is -0.388. The highest BCUT2D eigenvalue weighted by atomic mass is 32.2. The van der Waals surface area contributed by atoms with Gasteiger partial charge in [-0.05, 0) is 6.07 Å². The molecule has 0 aromatic heterocycles. The molecule has 0 atom stereocenters. The average molecular weight is 273 g/mol. The zero-order valence-electron chi connectivity index (χ0n) is 9.20. The van der Waals surface area contributed by atoms with E-state index in [0.29, 0.717) is 4.31 Å².